The number of fused-ring (bicyclic) bond motifs is 1. The number of thiazole rings is 1. The summed E-state index contributed by atoms with van der Waals surface area (Å²) in [5.41, 5.74) is 3.77. The first-order valence-electron chi connectivity index (χ1n) is 9.90. The summed E-state index contributed by atoms with van der Waals surface area (Å²) in [4.78, 5) is 30.8. The quantitative estimate of drug-likeness (QED) is 0.586. The van der Waals surface area contributed by atoms with E-state index in [1.54, 1.807) is 12.1 Å². The predicted molar refractivity (Wildman–Crippen MR) is 114 cm³/mol. The Balaban J connectivity index is 1.18. The maximum atomic E-state index is 13.4. The van der Waals surface area contributed by atoms with Crippen LogP contribution in [-0.4, -0.2) is 28.2 Å². The molecule has 2 heterocycles. The number of hydrogen-bond donors (Lipinski definition) is 1. The fourth-order valence-electron chi connectivity index (χ4n) is 3.50. The topological polar surface area (TPSA) is 62.3 Å². The number of carbonyl (C=O) groups is 2. The summed E-state index contributed by atoms with van der Waals surface area (Å²) in [5, 5.41) is 5.35. The van der Waals surface area contributed by atoms with Gasteiger partial charge in [-0.2, -0.15) is 0 Å². The summed E-state index contributed by atoms with van der Waals surface area (Å²) < 4.78 is 13.4. The zero-order chi connectivity index (χ0) is 20.9. The number of nitrogens with one attached hydrogen (secondary N) is 1. The van der Waals surface area contributed by atoms with E-state index in [1.165, 1.54) is 34.6 Å². The Morgan fingerprint density at radius 3 is 2.60 bits per heavy atom. The Morgan fingerprint density at radius 2 is 1.87 bits per heavy atom. The van der Waals surface area contributed by atoms with Crippen molar-refractivity contribution in [3.05, 3.63) is 76.5 Å². The van der Waals surface area contributed by atoms with Gasteiger partial charge in [-0.05, 0) is 29.7 Å². The van der Waals surface area contributed by atoms with Crippen LogP contribution in [0.25, 0.3) is 10.6 Å². The maximum Gasteiger partial charge on any atom is 0.226 e. The van der Waals surface area contributed by atoms with Crippen LogP contribution in [0.4, 0.5) is 4.39 Å². The van der Waals surface area contributed by atoms with Crippen molar-refractivity contribution in [2.75, 3.05) is 6.54 Å². The Bertz CT molecular complexity index is 1040. The van der Waals surface area contributed by atoms with Gasteiger partial charge >= 0.3 is 0 Å². The first-order chi connectivity index (χ1) is 14.6. The smallest absolute Gasteiger partial charge is 0.226 e. The molecule has 0 bridgehead atoms. The second-order valence-corrected chi connectivity index (χ2v) is 8.16. The van der Waals surface area contributed by atoms with Crippen LogP contribution in [0.2, 0.25) is 0 Å². The lowest BCUT2D eigenvalue weighted by atomic mass is 10.1. The summed E-state index contributed by atoms with van der Waals surface area (Å²) in [6, 6.07) is 14.3. The van der Waals surface area contributed by atoms with E-state index in [4.69, 9.17) is 0 Å². The molecule has 0 fully saturated rings. The summed E-state index contributed by atoms with van der Waals surface area (Å²) in [5.74, 6) is -0.332. The van der Waals surface area contributed by atoms with Gasteiger partial charge in [0.2, 0.25) is 11.8 Å². The van der Waals surface area contributed by atoms with Crippen LogP contribution >= 0.6 is 11.3 Å². The molecule has 1 aliphatic rings. The molecule has 30 heavy (non-hydrogen) atoms. The van der Waals surface area contributed by atoms with Crippen molar-refractivity contribution in [3.63, 3.8) is 0 Å². The van der Waals surface area contributed by atoms with Crippen molar-refractivity contribution in [1.29, 1.82) is 0 Å². The third-order valence-corrected chi connectivity index (χ3v) is 5.99. The van der Waals surface area contributed by atoms with Gasteiger partial charge in [0.05, 0.1) is 12.1 Å². The normalized spacial score (nSPS) is 12.6. The van der Waals surface area contributed by atoms with E-state index in [0.717, 1.165) is 0 Å². The highest BCUT2D eigenvalue weighted by molar-refractivity contribution is 7.13. The highest BCUT2D eigenvalue weighted by atomic mass is 32.1. The van der Waals surface area contributed by atoms with Crippen LogP contribution in [0.15, 0.2) is 53.9 Å². The molecule has 4 rings (SSSR count). The number of benzene rings is 2. The fourth-order valence-corrected chi connectivity index (χ4v) is 4.32. The number of rotatable bonds is 7. The van der Waals surface area contributed by atoms with Crippen LogP contribution in [0.1, 0.15) is 29.7 Å². The van der Waals surface area contributed by atoms with Crippen molar-refractivity contribution in [2.24, 2.45) is 0 Å². The lowest BCUT2D eigenvalue weighted by Gasteiger charge is -2.15. The molecule has 3 aromatic rings. The number of carbonyl (C=O) groups excluding carboxylic acids is 2. The molecule has 1 aromatic heterocycles. The van der Waals surface area contributed by atoms with Gasteiger partial charge in [-0.3, -0.25) is 9.59 Å². The number of hydrogen-bond acceptors (Lipinski definition) is 4. The van der Waals surface area contributed by atoms with Gasteiger partial charge in [0, 0.05) is 37.0 Å². The molecule has 0 saturated carbocycles. The maximum absolute atomic E-state index is 13.4. The Labute approximate surface area is 178 Å². The largest absolute Gasteiger partial charge is 0.356 e. The lowest BCUT2D eigenvalue weighted by molar-refractivity contribution is -0.132. The molecule has 1 N–H and O–H groups in total. The zero-order valence-electron chi connectivity index (χ0n) is 16.4. The molecule has 0 spiro atoms. The summed E-state index contributed by atoms with van der Waals surface area (Å²) in [7, 11) is 0. The predicted octanol–water partition coefficient (Wildman–Crippen LogP) is 3.93. The number of amides is 2. The second kappa shape index (κ2) is 9.17. The molecule has 154 valence electrons. The van der Waals surface area contributed by atoms with Gasteiger partial charge in [-0.15, -0.1) is 11.3 Å². The zero-order valence-corrected chi connectivity index (χ0v) is 17.3. The van der Waals surface area contributed by atoms with Crippen LogP contribution in [0, 0.1) is 5.82 Å². The molecule has 2 amide bonds. The number of halogens is 1. The molecule has 0 atom stereocenters. The molecule has 0 radical (unpaired) electrons. The average molecular weight is 424 g/mol. The van der Waals surface area contributed by atoms with E-state index in [-0.39, 0.29) is 24.1 Å². The van der Waals surface area contributed by atoms with E-state index in [0.29, 0.717) is 48.7 Å². The molecule has 0 saturated heterocycles. The minimum absolute atomic E-state index is 0.111. The Hall–Kier alpha value is -3.06. The second-order valence-electron chi connectivity index (χ2n) is 7.30. The van der Waals surface area contributed by atoms with Gasteiger partial charge < -0.3 is 10.2 Å². The molecular formula is C23H22FN3O2S. The van der Waals surface area contributed by atoms with E-state index >= 15 is 0 Å². The third kappa shape index (κ3) is 4.91. The lowest BCUT2D eigenvalue weighted by Crippen LogP contribution is -2.29. The Kier molecular flexibility index (Phi) is 6.18. The average Bonchev–Trinajstić information content (AvgIpc) is 3.38. The summed E-state index contributed by atoms with van der Waals surface area (Å²) in [6.45, 7) is 1.78. The number of nitrogens with zero attached hydrogens (tertiary/aromatic N) is 2. The summed E-state index contributed by atoms with van der Waals surface area (Å²) in [6.07, 6.45) is 1.18. The molecule has 1 aliphatic heterocycles. The van der Waals surface area contributed by atoms with Gasteiger partial charge in [0.15, 0.2) is 0 Å². The highest BCUT2D eigenvalue weighted by Crippen LogP contribution is 2.25. The summed E-state index contributed by atoms with van der Waals surface area (Å²) >= 11 is 1.39. The van der Waals surface area contributed by atoms with Gasteiger partial charge in [-0.1, -0.05) is 36.4 Å². The molecule has 7 heteroatoms. The van der Waals surface area contributed by atoms with Crippen LogP contribution in [0.3, 0.4) is 0 Å². The van der Waals surface area contributed by atoms with Crippen molar-refractivity contribution in [1.82, 2.24) is 15.2 Å². The minimum atomic E-state index is -0.311. The van der Waals surface area contributed by atoms with Crippen LogP contribution in [0.5, 0.6) is 0 Å². The first kappa shape index (κ1) is 20.2. The van der Waals surface area contributed by atoms with E-state index in [1.807, 2.05) is 22.4 Å². The molecule has 0 unspecified atom stereocenters. The highest BCUT2D eigenvalue weighted by Gasteiger charge is 2.22. The van der Waals surface area contributed by atoms with Crippen LogP contribution in [-0.2, 0) is 29.1 Å². The molecular weight excluding hydrogens is 401 g/mol. The van der Waals surface area contributed by atoms with Crippen molar-refractivity contribution >= 4 is 23.2 Å². The van der Waals surface area contributed by atoms with E-state index < -0.39 is 0 Å². The van der Waals surface area contributed by atoms with Crippen molar-refractivity contribution < 1.29 is 14.0 Å². The van der Waals surface area contributed by atoms with Gasteiger partial charge in [0.25, 0.3) is 0 Å². The third-order valence-electron chi connectivity index (χ3n) is 5.05. The number of aromatic nitrogens is 1. The first-order valence-corrected chi connectivity index (χ1v) is 10.8. The van der Waals surface area contributed by atoms with E-state index in [2.05, 4.69) is 22.4 Å². The fraction of sp³-hybridized carbons (Fsp3) is 0.261. The van der Waals surface area contributed by atoms with Gasteiger partial charge in [-0.25, -0.2) is 9.37 Å². The SMILES string of the molecule is O=C(Cc1csc(-c2cccc(F)c2)n1)NCCCC(=O)N1Cc2ccccc2C1. The van der Waals surface area contributed by atoms with Crippen molar-refractivity contribution in [2.45, 2.75) is 32.4 Å². The van der Waals surface area contributed by atoms with Crippen molar-refractivity contribution in [3.8, 4) is 10.6 Å². The van der Waals surface area contributed by atoms with E-state index in [9.17, 15) is 14.0 Å². The molecule has 2 aromatic carbocycles. The monoisotopic (exact) mass is 423 g/mol. The van der Waals surface area contributed by atoms with Gasteiger partial charge in [0.1, 0.15) is 10.8 Å². The minimum Gasteiger partial charge on any atom is -0.356 e. The Morgan fingerprint density at radius 1 is 1.10 bits per heavy atom. The molecule has 0 aliphatic carbocycles. The van der Waals surface area contributed by atoms with Crippen LogP contribution < -0.4 is 5.32 Å². The standard InChI is InChI=1S/C23H22FN3O2S/c24-19-8-3-7-16(11-19)23-26-20(15-30-23)12-21(28)25-10-4-9-22(29)27-13-17-5-1-2-6-18(17)14-27/h1-3,5-8,11,15H,4,9-10,12-14H2,(H,25,28). The molecule has 5 nitrogen and oxygen atoms in total.